The van der Waals surface area contributed by atoms with Crippen molar-refractivity contribution in [3.05, 3.63) is 78.4 Å². The zero-order valence-corrected chi connectivity index (χ0v) is 18.0. The van der Waals surface area contributed by atoms with E-state index in [4.69, 9.17) is 5.26 Å². The molecule has 166 valence electrons. The highest BCUT2D eigenvalue weighted by Crippen LogP contribution is 2.34. The first-order chi connectivity index (χ1) is 16.1. The van der Waals surface area contributed by atoms with Crippen molar-refractivity contribution >= 4 is 28.9 Å². The minimum absolute atomic E-state index is 0.272. The molecule has 4 rings (SSSR count). The molecule has 8 nitrogen and oxygen atoms in total. The predicted molar refractivity (Wildman–Crippen MR) is 125 cm³/mol. The number of carbonyl (C=O) groups is 2. The van der Waals surface area contributed by atoms with Gasteiger partial charge in [0.15, 0.2) is 0 Å². The van der Waals surface area contributed by atoms with Crippen LogP contribution in [-0.2, 0) is 4.79 Å². The van der Waals surface area contributed by atoms with Crippen LogP contribution in [0.1, 0.15) is 41.7 Å². The Labute approximate surface area is 192 Å². The zero-order valence-electron chi connectivity index (χ0n) is 18.0. The van der Waals surface area contributed by atoms with Crippen LogP contribution < -0.4 is 16.0 Å². The molecule has 2 aromatic heterocycles. The fourth-order valence-corrected chi connectivity index (χ4v) is 3.39. The summed E-state index contributed by atoms with van der Waals surface area (Å²) in [4.78, 5) is 33.7. The first kappa shape index (κ1) is 22.0. The topological polar surface area (TPSA) is 120 Å². The average Bonchev–Trinajstić information content (AvgIpc) is 3.68. The molecule has 1 aliphatic carbocycles. The molecule has 0 bridgehead atoms. The highest BCUT2D eigenvalue weighted by atomic mass is 16.2. The second-order valence-electron chi connectivity index (χ2n) is 8.02. The zero-order chi connectivity index (χ0) is 23.0. The minimum Gasteiger partial charge on any atom is -0.355 e. The molecular formula is C25H24N6O2. The lowest BCUT2D eigenvalue weighted by Gasteiger charge is -2.19. The third-order valence-corrected chi connectivity index (χ3v) is 5.44. The van der Waals surface area contributed by atoms with E-state index in [0.29, 0.717) is 23.6 Å². The van der Waals surface area contributed by atoms with Gasteiger partial charge in [-0.1, -0.05) is 12.8 Å². The van der Waals surface area contributed by atoms with Gasteiger partial charge in [-0.25, -0.2) is 4.98 Å². The molecule has 1 aliphatic rings. The van der Waals surface area contributed by atoms with E-state index in [9.17, 15) is 9.59 Å². The largest absolute Gasteiger partial charge is 0.355 e. The fourth-order valence-electron chi connectivity index (χ4n) is 3.39. The highest BCUT2D eigenvalue weighted by Gasteiger charge is 2.27. The normalized spacial score (nSPS) is 13.4. The summed E-state index contributed by atoms with van der Waals surface area (Å²) in [7, 11) is 0. The third kappa shape index (κ3) is 6.37. The van der Waals surface area contributed by atoms with Crippen LogP contribution in [0.4, 0.5) is 17.1 Å². The Morgan fingerprint density at radius 1 is 1.00 bits per heavy atom. The molecule has 2 heterocycles. The van der Waals surface area contributed by atoms with Gasteiger partial charge in [0.1, 0.15) is 17.8 Å². The van der Waals surface area contributed by atoms with Crippen LogP contribution in [0.2, 0.25) is 0 Å². The molecule has 1 atom stereocenters. The molecule has 2 amide bonds. The standard InChI is InChI=1S/C25H24N6O2/c26-15-21-8-9-22(16-28-21)30-25(33)23(10-3-17-1-2-17)31-24(32)18-4-6-19(7-5-18)29-20-11-13-27-14-12-20/h4-9,11-14,16-17,23H,1-3,10H2,(H,27,29)(H,30,33)(H,31,32). The van der Waals surface area contributed by atoms with E-state index in [1.54, 1.807) is 30.6 Å². The van der Waals surface area contributed by atoms with Crippen molar-refractivity contribution in [2.75, 3.05) is 10.6 Å². The van der Waals surface area contributed by atoms with Gasteiger partial charge in [0.25, 0.3) is 5.91 Å². The first-order valence-electron chi connectivity index (χ1n) is 10.9. The monoisotopic (exact) mass is 440 g/mol. The maximum Gasteiger partial charge on any atom is 0.251 e. The Kier molecular flexibility index (Phi) is 6.90. The molecule has 0 radical (unpaired) electrons. The number of pyridine rings is 2. The van der Waals surface area contributed by atoms with Crippen molar-refractivity contribution < 1.29 is 9.59 Å². The van der Waals surface area contributed by atoms with Gasteiger partial charge in [0.2, 0.25) is 5.91 Å². The number of nitrogens with one attached hydrogen (secondary N) is 3. The smallest absolute Gasteiger partial charge is 0.251 e. The van der Waals surface area contributed by atoms with E-state index in [1.807, 2.05) is 30.3 Å². The van der Waals surface area contributed by atoms with Gasteiger partial charge in [-0.15, -0.1) is 0 Å². The predicted octanol–water partition coefficient (Wildman–Crippen LogP) is 4.02. The Morgan fingerprint density at radius 3 is 2.33 bits per heavy atom. The molecule has 0 aliphatic heterocycles. The molecule has 1 fully saturated rings. The molecule has 1 saturated carbocycles. The van der Waals surface area contributed by atoms with Gasteiger partial charge in [-0.3, -0.25) is 14.6 Å². The van der Waals surface area contributed by atoms with Gasteiger partial charge in [-0.05, 0) is 67.3 Å². The van der Waals surface area contributed by atoms with Crippen molar-refractivity contribution in [3.8, 4) is 6.07 Å². The number of amides is 2. The Balaban J connectivity index is 1.39. The van der Waals surface area contributed by atoms with E-state index in [0.717, 1.165) is 17.8 Å². The minimum atomic E-state index is -0.664. The number of aromatic nitrogens is 2. The second-order valence-corrected chi connectivity index (χ2v) is 8.02. The lowest BCUT2D eigenvalue weighted by Crippen LogP contribution is -2.43. The maximum absolute atomic E-state index is 12.9. The number of hydrogen-bond acceptors (Lipinski definition) is 6. The van der Waals surface area contributed by atoms with E-state index in [2.05, 4.69) is 25.9 Å². The first-order valence-corrected chi connectivity index (χ1v) is 10.9. The number of anilines is 3. The molecule has 0 spiro atoms. The number of benzene rings is 1. The molecule has 0 saturated heterocycles. The summed E-state index contributed by atoms with van der Waals surface area (Å²) < 4.78 is 0. The lowest BCUT2D eigenvalue weighted by molar-refractivity contribution is -0.118. The van der Waals surface area contributed by atoms with Gasteiger partial charge in [-0.2, -0.15) is 5.26 Å². The summed E-state index contributed by atoms with van der Waals surface area (Å²) in [6, 6.07) is 15.2. The summed E-state index contributed by atoms with van der Waals surface area (Å²) >= 11 is 0. The lowest BCUT2D eigenvalue weighted by atomic mass is 10.1. The molecule has 8 heteroatoms. The van der Waals surface area contributed by atoms with Crippen molar-refractivity contribution in [2.45, 2.75) is 31.7 Å². The molecule has 1 aromatic carbocycles. The van der Waals surface area contributed by atoms with Crippen molar-refractivity contribution in [2.24, 2.45) is 5.92 Å². The van der Waals surface area contributed by atoms with E-state index in [-0.39, 0.29) is 17.5 Å². The van der Waals surface area contributed by atoms with E-state index >= 15 is 0 Å². The fraction of sp³-hybridized carbons (Fsp3) is 0.240. The molecule has 33 heavy (non-hydrogen) atoms. The Hall–Kier alpha value is -4.25. The SMILES string of the molecule is N#Cc1ccc(NC(=O)C(CCC2CC2)NC(=O)c2ccc(Nc3ccncc3)cc2)cn1. The number of carbonyl (C=O) groups excluding carboxylic acids is 2. The van der Waals surface area contributed by atoms with Crippen LogP contribution in [0.3, 0.4) is 0 Å². The number of nitriles is 1. The molecule has 1 unspecified atom stereocenters. The van der Waals surface area contributed by atoms with Crippen LogP contribution in [0.25, 0.3) is 0 Å². The van der Waals surface area contributed by atoms with E-state index < -0.39 is 6.04 Å². The number of nitrogens with zero attached hydrogens (tertiary/aromatic N) is 3. The number of rotatable bonds is 9. The van der Waals surface area contributed by atoms with Crippen molar-refractivity contribution in [1.82, 2.24) is 15.3 Å². The highest BCUT2D eigenvalue weighted by molar-refractivity contribution is 6.01. The molecular weight excluding hydrogens is 416 g/mol. The van der Waals surface area contributed by atoms with Gasteiger partial charge in [0.05, 0.1) is 11.9 Å². The summed E-state index contributed by atoms with van der Waals surface area (Å²) in [6.45, 7) is 0. The van der Waals surface area contributed by atoms with Crippen LogP contribution in [0, 0.1) is 17.2 Å². The maximum atomic E-state index is 12.9. The van der Waals surface area contributed by atoms with Gasteiger partial charge < -0.3 is 16.0 Å². The van der Waals surface area contributed by atoms with Crippen LogP contribution in [0.15, 0.2) is 67.1 Å². The van der Waals surface area contributed by atoms with E-state index in [1.165, 1.54) is 25.1 Å². The second kappa shape index (κ2) is 10.4. The summed E-state index contributed by atoms with van der Waals surface area (Å²) in [6.07, 6.45) is 8.63. The average molecular weight is 441 g/mol. The van der Waals surface area contributed by atoms with Gasteiger partial charge in [0, 0.05) is 29.3 Å². The van der Waals surface area contributed by atoms with Crippen LogP contribution >= 0.6 is 0 Å². The van der Waals surface area contributed by atoms with Gasteiger partial charge >= 0.3 is 0 Å². The van der Waals surface area contributed by atoms with Crippen LogP contribution in [0.5, 0.6) is 0 Å². The van der Waals surface area contributed by atoms with Crippen LogP contribution in [-0.4, -0.2) is 27.8 Å². The Bertz CT molecular complexity index is 1140. The molecule has 3 N–H and O–H groups in total. The Morgan fingerprint density at radius 2 is 1.70 bits per heavy atom. The quantitative estimate of drug-likeness (QED) is 0.462. The molecule has 3 aromatic rings. The van der Waals surface area contributed by atoms with Crippen molar-refractivity contribution in [3.63, 3.8) is 0 Å². The number of hydrogen-bond donors (Lipinski definition) is 3. The van der Waals surface area contributed by atoms with Crippen molar-refractivity contribution in [1.29, 1.82) is 5.26 Å². The third-order valence-electron chi connectivity index (χ3n) is 5.44. The summed E-state index contributed by atoms with van der Waals surface area (Å²) in [5, 5.41) is 17.8. The summed E-state index contributed by atoms with van der Waals surface area (Å²) in [5.41, 5.74) is 2.97. The summed E-state index contributed by atoms with van der Waals surface area (Å²) in [5.74, 6) is 0.0261.